The van der Waals surface area contributed by atoms with Gasteiger partial charge < -0.3 is 24.9 Å². The Kier molecular flexibility index (Phi) is 7.00. The molecule has 0 aromatic heterocycles. The number of nitrogens with two attached hydrogens (primary N) is 1. The zero-order valence-corrected chi connectivity index (χ0v) is 19.9. The number of allylic oxidation sites excluding steroid dienone is 1. The van der Waals surface area contributed by atoms with Crippen LogP contribution in [-0.2, 0) is 25.7 Å². The molecule has 34 heavy (non-hydrogen) atoms. The van der Waals surface area contributed by atoms with Crippen molar-refractivity contribution in [3.63, 3.8) is 0 Å². The van der Waals surface area contributed by atoms with E-state index < -0.39 is 17.8 Å². The number of piperidine rings is 1. The highest BCUT2D eigenvalue weighted by molar-refractivity contribution is 6.30. The molecular formula is C24H29ClFN3O5. The van der Waals surface area contributed by atoms with E-state index in [0.29, 0.717) is 13.0 Å². The summed E-state index contributed by atoms with van der Waals surface area (Å²) in [4.78, 5) is 33.1. The van der Waals surface area contributed by atoms with E-state index in [-0.39, 0.29) is 57.4 Å². The Balaban J connectivity index is 1.61. The third-order valence-corrected chi connectivity index (χ3v) is 7.46. The number of fused-ring (bicyclic) bond motifs is 1. The van der Waals surface area contributed by atoms with Crippen molar-refractivity contribution in [1.29, 1.82) is 0 Å². The molecule has 1 aromatic rings. The van der Waals surface area contributed by atoms with E-state index in [0.717, 1.165) is 19.3 Å². The molecule has 2 unspecified atom stereocenters. The van der Waals surface area contributed by atoms with Crippen LogP contribution in [0.15, 0.2) is 41.4 Å². The van der Waals surface area contributed by atoms with Gasteiger partial charge in [0.25, 0.3) is 5.91 Å². The number of aliphatic hydroxyl groups excluding tert-OH is 1. The highest BCUT2D eigenvalue weighted by atomic mass is 35.5. The van der Waals surface area contributed by atoms with E-state index in [1.807, 2.05) is 6.92 Å². The minimum absolute atomic E-state index is 0.0499. The zero-order chi connectivity index (χ0) is 24.6. The van der Waals surface area contributed by atoms with E-state index in [4.69, 9.17) is 27.1 Å². The second-order valence-electron chi connectivity index (χ2n) is 9.18. The summed E-state index contributed by atoms with van der Waals surface area (Å²) < 4.78 is 19.7. The summed E-state index contributed by atoms with van der Waals surface area (Å²) in [6.07, 6.45) is 3.00. The van der Waals surface area contributed by atoms with Gasteiger partial charge in [0.05, 0.1) is 16.7 Å². The molecule has 10 heteroatoms. The van der Waals surface area contributed by atoms with Gasteiger partial charge >= 0.3 is 0 Å². The van der Waals surface area contributed by atoms with E-state index in [9.17, 15) is 19.1 Å². The van der Waals surface area contributed by atoms with Gasteiger partial charge in [0.15, 0.2) is 11.5 Å². The summed E-state index contributed by atoms with van der Waals surface area (Å²) in [6.45, 7) is 2.36. The van der Waals surface area contributed by atoms with Crippen molar-refractivity contribution in [3.05, 3.63) is 57.8 Å². The molecule has 2 aliphatic heterocycles. The SMILES string of the molecule is CCCC1C(=O)C2=C(ON)C(O)C(C(=O)NCc3cccc(Cl)c3F)=CN2CC12CC(OC)C2. The number of methoxy groups -OCH3 is 1. The highest BCUT2D eigenvalue weighted by Crippen LogP contribution is 2.55. The molecule has 1 saturated heterocycles. The fourth-order valence-electron chi connectivity index (χ4n) is 5.41. The van der Waals surface area contributed by atoms with Crippen LogP contribution < -0.4 is 11.2 Å². The van der Waals surface area contributed by atoms with Crippen LogP contribution in [0.5, 0.6) is 0 Å². The minimum Gasteiger partial charge on any atom is -0.410 e. The summed E-state index contributed by atoms with van der Waals surface area (Å²) in [6, 6.07) is 4.49. The molecule has 1 amide bonds. The van der Waals surface area contributed by atoms with Crippen LogP contribution in [0.4, 0.5) is 4.39 Å². The van der Waals surface area contributed by atoms with Crippen LogP contribution in [0.2, 0.25) is 5.02 Å². The van der Waals surface area contributed by atoms with Gasteiger partial charge in [-0.3, -0.25) is 9.59 Å². The molecule has 2 heterocycles. The van der Waals surface area contributed by atoms with Crippen molar-refractivity contribution in [2.24, 2.45) is 17.2 Å². The van der Waals surface area contributed by atoms with Gasteiger partial charge in [-0.2, -0.15) is 5.90 Å². The number of aliphatic hydroxyl groups is 1. The molecule has 0 radical (unpaired) electrons. The summed E-state index contributed by atoms with van der Waals surface area (Å²) in [5.74, 6) is 3.64. The van der Waals surface area contributed by atoms with Crippen molar-refractivity contribution in [1.82, 2.24) is 10.2 Å². The molecule has 0 bridgehead atoms. The Morgan fingerprint density at radius 3 is 2.79 bits per heavy atom. The van der Waals surface area contributed by atoms with Crippen molar-refractivity contribution in [2.75, 3.05) is 13.7 Å². The third-order valence-electron chi connectivity index (χ3n) is 7.17. The lowest BCUT2D eigenvalue weighted by molar-refractivity contribution is -0.149. The number of nitrogens with zero attached hydrogens (tertiary/aromatic N) is 1. The van der Waals surface area contributed by atoms with E-state index in [2.05, 4.69) is 5.32 Å². The fourth-order valence-corrected chi connectivity index (χ4v) is 5.61. The third kappa shape index (κ3) is 4.11. The monoisotopic (exact) mass is 493 g/mol. The second-order valence-corrected chi connectivity index (χ2v) is 9.58. The number of amides is 1. The van der Waals surface area contributed by atoms with Crippen molar-refractivity contribution < 1.29 is 28.7 Å². The molecular weight excluding hydrogens is 465 g/mol. The zero-order valence-electron chi connectivity index (χ0n) is 19.1. The first-order valence-corrected chi connectivity index (χ1v) is 11.7. The Bertz CT molecular complexity index is 1050. The van der Waals surface area contributed by atoms with Crippen LogP contribution in [-0.4, -0.2) is 47.6 Å². The first-order chi connectivity index (χ1) is 16.3. The molecule has 1 aromatic carbocycles. The van der Waals surface area contributed by atoms with E-state index >= 15 is 0 Å². The normalized spacial score (nSPS) is 28.4. The average Bonchev–Trinajstić information content (AvgIpc) is 2.80. The molecule has 2 fully saturated rings. The number of benzene rings is 1. The molecule has 3 aliphatic rings. The predicted molar refractivity (Wildman–Crippen MR) is 122 cm³/mol. The maximum absolute atomic E-state index is 14.2. The Labute approximate surface area is 202 Å². The molecule has 1 spiro atoms. The fraction of sp³-hybridized carbons (Fsp3) is 0.500. The quantitative estimate of drug-likeness (QED) is 0.500. The lowest BCUT2D eigenvalue weighted by Crippen LogP contribution is -2.60. The van der Waals surface area contributed by atoms with Gasteiger partial charge in [-0.15, -0.1) is 0 Å². The van der Waals surface area contributed by atoms with Crippen molar-refractivity contribution in [2.45, 2.75) is 51.4 Å². The van der Waals surface area contributed by atoms with Gasteiger partial charge in [-0.25, -0.2) is 4.39 Å². The maximum Gasteiger partial charge on any atom is 0.252 e. The number of ketones is 1. The number of hydrogen-bond acceptors (Lipinski definition) is 7. The minimum atomic E-state index is -1.53. The molecule has 1 saturated carbocycles. The number of carbonyl (C=O) groups is 2. The predicted octanol–water partition coefficient (Wildman–Crippen LogP) is 2.55. The summed E-state index contributed by atoms with van der Waals surface area (Å²) in [7, 11) is 1.66. The second kappa shape index (κ2) is 9.65. The summed E-state index contributed by atoms with van der Waals surface area (Å²) in [5, 5.41) is 13.4. The Morgan fingerprint density at radius 1 is 1.41 bits per heavy atom. The largest absolute Gasteiger partial charge is 0.410 e. The van der Waals surface area contributed by atoms with Crippen LogP contribution in [0, 0.1) is 17.2 Å². The number of rotatable bonds is 7. The first-order valence-electron chi connectivity index (χ1n) is 11.3. The lowest BCUT2D eigenvalue weighted by atomic mass is 9.55. The number of nitrogens with one attached hydrogen (secondary N) is 1. The summed E-state index contributed by atoms with van der Waals surface area (Å²) in [5.41, 5.74) is 0.0396. The standard InChI is InChI=1S/C24H29ClFN3O5/c1-3-5-16-21(31)19-22(34-27)20(30)15(11-29(19)12-24(16)8-14(9-24)33-2)23(32)28-10-13-6-4-7-17(25)18(13)26/h4,6-7,11,14,16,20,30H,3,5,8-10,12,27H2,1-2H3,(H,28,32). The van der Waals surface area contributed by atoms with Crippen LogP contribution in [0.3, 0.4) is 0 Å². The topological polar surface area (TPSA) is 114 Å². The van der Waals surface area contributed by atoms with Gasteiger partial charge in [-0.05, 0) is 25.3 Å². The van der Waals surface area contributed by atoms with Gasteiger partial charge in [0.1, 0.15) is 17.6 Å². The Morgan fingerprint density at radius 2 is 2.15 bits per heavy atom. The number of halogens is 2. The maximum atomic E-state index is 14.2. The first kappa shape index (κ1) is 24.7. The van der Waals surface area contributed by atoms with Crippen molar-refractivity contribution in [3.8, 4) is 0 Å². The van der Waals surface area contributed by atoms with Gasteiger partial charge in [0, 0.05) is 43.3 Å². The van der Waals surface area contributed by atoms with Gasteiger partial charge in [0.2, 0.25) is 0 Å². The van der Waals surface area contributed by atoms with E-state index in [1.54, 1.807) is 18.1 Å². The molecule has 184 valence electrons. The number of Topliss-reactive ketones (excluding diaryl/α,β-unsaturated/α-hetero) is 1. The molecule has 8 nitrogen and oxygen atoms in total. The molecule has 1 aliphatic carbocycles. The van der Waals surface area contributed by atoms with E-state index in [1.165, 1.54) is 18.3 Å². The van der Waals surface area contributed by atoms with Crippen molar-refractivity contribution >= 4 is 23.3 Å². The number of hydrogen-bond donors (Lipinski definition) is 3. The number of ether oxygens (including phenoxy) is 1. The highest BCUT2D eigenvalue weighted by Gasteiger charge is 2.58. The number of carbonyl (C=O) groups excluding carboxylic acids is 2. The molecule has 4 N–H and O–H groups in total. The summed E-state index contributed by atoms with van der Waals surface area (Å²) >= 11 is 5.81. The van der Waals surface area contributed by atoms with Crippen LogP contribution >= 0.6 is 11.6 Å². The smallest absolute Gasteiger partial charge is 0.252 e. The Hall–Kier alpha value is -2.46. The molecule has 4 rings (SSSR count). The molecule has 2 atom stereocenters. The average molecular weight is 494 g/mol. The van der Waals surface area contributed by atoms with Gasteiger partial charge in [-0.1, -0.05) is 37.1 Å². The van der Waals surface area contributed by atoms with Crippen LogP contribution in [0.1, 0.15) is 38.2 Å². The van der Waals surface area contributed by atoms with Crippen LogP contribution in [0.25, 0.3) is 0 Å². The lowest BCUT2D eigenvalue weighted by Gasteiger charge is -2.57.